The Morgan fingerprint density at radius 3 is 2.65 bits per heavy atom. The largest absolute Gasteiger partial charge is 0.347 e. The van der Waals surface area contributed by atoms with Gasteiger partial charge in [-0.05, 0) is 30.5 Å². The van der Waals surface area contributed by atoms with Crippen LogP contribution in [0.4, 0.5) is 0 Å². The van der Waals surface area contributed by atoms with Crippen LogP contribution in [0.1, 0.15) is 24.2 Å². The number of carbonyl (C=O) groups is 1. The summed E-state index contributed by atoms with van der Waals surface area (Å²) in [5.41, 5.74) is 0.699. The van der Waals surface area contributed by atoms with Crippen LogP contribution in [0.25, 0.3) is 0 Å². The third-order valence-electron chi connectivity index (χ3n) is 3.84. The molecule has 1 aromatic carbocycles. The molecule has 1 aliphatic carbocycles. The smallest absolute Gasteiger partial charge is 0.233 e. The summed E-state index contributed by atoms with van der Waals surface area (Å²) in [6.07, 6.45) is 5.26. The van der Waals surface area contributed by atoms with E-state index in [9.17, 15) is 4.79 Å². The van der Waals surface area contributed by atoms with Crippen LogP contribution >= 0.6 is 11.6 Å². The molecule has 0 unspecified atom stereocenters. The third kappa shape index (κ3) is 2.31. The van der Waals surface area contributed by atoms with Crippen LogP contribution in [0.5, 0.6) is 0 Å². The third-order valence-corrected chi connectivity index (χ3v) is 4.10. The van der Waals surface area contributed by atoms with Gasteiger partial charge < -0.3 is 9.88 Å². The number of imidazole rings is 1. The van der Waals surface area contributed by atoms with Gasteiger partial charge in [-0.1, -0.05) is 23.7 Å². The monoisotopic (exact) mass is 289 g/mol. The maximum Gasteiger partial charge on any atom is 0.233 e. The number of aromatic nitrogens is 2. The van der Waals surface area contributed by atoms with Crippen molar-refractivity contribution in [1.29, 1.82) is 0 Å². The molecule has 1 heterocycles. The lowest BCUT2D eigenvalue weighted by Crippen LogP contribution is -2.36. The minimum absolute atomic E-state index is 0.149. The first kappa shape index (κ1) is 13.2. The Kier molecular flexibility index (Phi) is 3.26. The molecule has 4 nitrogen and oxygen atoms in total. The molecule has 0 spiro atoms. The second-order valence-electron chi connectivity index (χ2n) is 5.29. The van der Waals surface area contributed by atoms with E-state index in [0.717, 1.165) is 24.2 Å². The minimum Gasteiger partial charge on any atom is -0.347 e. The summed E-state index contributed by atoms with van der Waals surface area (Å²) in [4.78, 5) is 21.6. The zero-order valence-corrected chi connectivity index (χ0v) is 12.0. The van der Waals surface area contributed by atoms with Crippen molar-refractivity contribution in [2.45, 2.75) is 24.8 Å². The number of hydrogen-bond acceptors (Lipinski definition) is 2. The van der Waals surface area contributed by atoms with Gasteiger partial charge in [-0.25, -0.2) is 4.98 Å². The molecule has 0 saturated heterocycles. The Morgan fingerprint density at radius 2 is 2.10 bits per heavy atom. The van der Waals surface area contributed by atoms with E-state index in [2.05, 4.69) is 9.97 Å². The van der Waals surface area contributed by atoms with Crippen LogP contribution in [0.3, 0.4) is 0 Å². The van der Waals surface area contributed by atoms with Gasteiger partial charge in [-0.2, -0.15) is 0 Å². The number of aromatic amines is 1. The molecule has 0 radical (unpaired) electrons. The van der Waals surface area contributed by atoms with Crippen LogP contribution in [-0.2, 0) is 16.8 Å². The predicted octanol–water partition coefficient (Wildman–Crippen LogP) is 2.75. The van der Waals surface area contributed by atoms with E-state index in [-0.39, 0.29) is 11.3 Å². The summed E-state index contributed by atoms with van der Waals surface area (Å²) in [5, 5.41) is 0.695. The number of likely N-dealkylation sites (N-methyl/N-ethyl adjacent to an activating group) is 1. The van der Waals surface area contributed by atoms with Crippen molar-refractivity contribution in [3.8, 4) is 0 Å². The fourth-order valence-corrected chi connectivity index (χ4v) is 2.69. The highest BCUT2D eigenvalue weighted by Gasteiger charge is 2.52. The second kappa shape index (κ2) is 4.94. The van der Waals surface area contributed by atoms with Crippen molar-refractivity contribution in [3.05, 3.63) is 53.1 Å². The molecule has 20 heavy (non-hydrogen) atoms. The highest BCUT2D eigenvalue weighted by Crippen LogP contribution is 2.49. The fraction of sp³-hybridized carbons (Fsp3) is 0.333. The van der Waals surface area contributed by atoms with Gasteiger partial charge >= 0.3 is 0 Å². The normalized spacial score (nSPS) is 15.9. The maximum absolute atomic E-state index is 12.7. The van der Waals surface area contributed by atoms with Crippen molar-refractivity contribution >= 4 is 17.5 Å². The summed E-state index contributed by atoms with van der Waals surface area (Å²) < 4.78 is 0. The second-order valence-corrected chi connectivity index (χ2v) is 5.72. The molecule has 1 amide bonds. The van der Waals surface area contributed by atoms with Crippen LogP contribution in [-0.4, -0.2) is 27.8 Å². The number of nitrogens with zero attached hydrogens (tertiary/aromatic N) is 2. The number of nitrogens with one attached hydrogen (secondary N) is 1. The molecular weight excluding hydrogens is 274 g/mol. The van der Waals surface area contributed by atoms with E-state index in [1.807, 2.05) is 31.3 Å². The van der Waals surface area contributed by atoms with E-state index in [0.29, 0.717) is 11.6 Å². The number of rotatable bonds is 4. The van der Waals surface area contributed by atoms with Gasteiger partial charge in [0.05, 0.1) is 12.0 Å². The van der Waals surface area contributed by atoms with Crippen molar-refractivity contribution in [2.75, 3.05) is 7.05 Å². The number of halogens is 1. The molecular formula is C15H16ClN3O. The van der Waals surface area contributed by atoms with E-state index in [1.165, 1.54) is 0 Å². The molecule has 104 valence electrons. The Hall–Kier alpha value is -1.81. The molecule has 1 N–H and O–H groups in total. The van der Waals surface area contributed by atoms with Crippen molar-refractivity contribution in [1.82, 2.24) is 14.9 Å². The first-order valence-electron chi connectivity index (χ1n) is 6.62. The van der Waals surface area contributed by atoms with Crippen LogP contribution < -0.4 is 0 Å². The average Bonchev–Trinajstić information content (AvgIpc) is 3.10. The summed E-state index contributed by atoms with van der Waals surface area (Å²) in [6, 6.07) is 7.59. The molecule has 2 aromatic rings. The Morgan fingerprint density at radius 1 is 1.40 bits per heavy atom. The van der Waals surface area contributed by atoms with Gasteiger partial charge in [0.1, 0.15) is 5.82 Å². The standard InChI is InChI=1S/C15H16ClN3O/c1-19(10-13-17-8-9-18-13)14(20)15(6-7-15)11-2-4-12(16)5-3-11/h2-5,8-9H,6-7,10H2,1H3,(H,17,18). The molecule has 0 atom stereocenters. The van der Waals surface area contributed by atoms with E-state index in [1.54, 1.807) is 17.3 Å². The number of amides is 1. The van der Waals surface area contributed by atoms with Crippen molar-refractivity contribution in [3.63, 3.8) is 0 Å². The molecule has 1 aliphatic rings. The lowest BCUT2D eigenvalue weighted by molar-refractivity contribution is -0.133. The summed E-state index contributed by atoms with van der Waals surface area (Å²) in [5.74, 6) is 0.948. The van der Waals surface area contributed by atoms with Crippen LogP contribution in [0, 0.1) is 0 Å². The first-order valence-corrected chi connectivity index (χ1v) is 6.99. The van der Waals surface area contributed by atoms with E-state index >= 15 is 0 Å². The lowest BCUT2D eigenvalue weighted by atomic mass is 9.94. The molecule has 1 fully saturated rings. The predicted molar refractivity (Wildman–Crippen MR) is 77.4 cm³/mol. The van der Waals surface area contributed by atoms with Gasteiger partial charge in [0, 0.05) is 24.5 Å². The van der Waals surface area contributed by atoms with Gasteiger partial charge in [0.25, 0.3) is 0 Å². The molecule has 1 aromatic heterocycles. The quantitative estimate of drug-likeness (QED) is 0.941. The van der Waals surface area contributed by atoms with Gasteiger partial charge in [0.15, 0.2) is 0 Å². The molecule has 1 saturated carbocycles. The van der Waals surface area contributed by atoms with Crippen molar-refractivity contribution < 1.29 is 4.79 Å². The number of benzene rings is 1. The number of carbonyl (C=O) groups excluding carboxylic acids is 1. The lowest BCUT2D eigenvalue weighted by Gasteiger charge is -2.23. The zero-order valence-electron chi connectivity index (χ0n) is 11.3. The van der Waals surface area contributed by atoms with E-state index in [4.69, 9.17) is 11.6 Å². The molecule has 0 bridgehead atoms. The summed E-state index contributed by atoms with van der Waals surface area (Å²) in [6.45, 7) is 0.501. The topological polar surface area (TPSA) is 49.0 Å². The summed E-state index contributed by atoms with van der Waals surface area (Å²) >= 11 is 5.91. The highest BCUT2D eigenvalue weighted by atomic mass is 35.5. The Labute approximate surface area is 122 Å². The van der Waals surface area contributed by atoms with Gasteiger partial charge in [0.2, 0.25) is 5.91 Å². The molecule has 5 heteroatoms. The Balaban J connectivity index is 1.77. The van der Waals surface area contributed by atoms with Gasteiger partial charge in [-0.15, -0.1) is 0 Å². The fourth-order valence-electron chi connectivity index (χ4n) is 2.57. The minimum atomic E-state index is -0.355. The Bertz CT molecular complexity index is 603. The highest BCUT2D eigenvalue weighted by molar-refractivity contribution is 6.30. The number of H-pyrrole nitrogens is 1. The van der Waals surface area contributed by atoms with Crippen LogP contribution in [0.2, 0.25) is 5.02 Å². The summed E-state index contributed by atoms with van der Waals surface area (Å²) in [7, 11) is 1.82. The van der Waals surface area contributed by atoms with Crippen molar-refractivity contribution in [2.24, 2.45) is 0 Å². The SMILES string of the molecule is CN(Cc1ncc[nH]1)C(=O)C1(c2ccc(Cl)cc2)CC1. The van der Waals surface area contributed by atoms with E-state index < -0.39 is 0 Å². The average molecular weight is 290 g/mol. The maximum atomic E-state index is 12.7. The van der Waals surface area contributed by atoms with Gasteiger partial charge in [-0.3, -0.25) is 4.79 Å². The number of hydrogen-bond donors (Lipinski definition) is 1. The molecule has 0 aliphatic heterocycles. The first-order chi connectivity index (χ1) is 9.62. The zero-order chi connectivity index (χ0) is 14.2. The van der Waals surface area contributed by atoms with Crippen LogP contribution in [0.15, 0.2) is 36.7 Å². The molecule has 3 rings (SSSR count).